The zero-order chi connectivity index (χ0) is 20.3. The number of hydrogen-bond acceptors (Lipinski definition) is 0. The molecule has 3 aromatic carbocycles. The van der Waals surface area contributed by atoms with Gasteiger partial charge in [-0.25, -0.2) is 0 Å². The van der Waals surface area contributed by atoms with Crippen LogP contribution < -0.4 is 0 Å². The molecule has 2 aliphatic carbocycles. The van der Waals surface area contributed by atoms with E-state index in [4.69, 9.17) is 0 Å². The normalized spacial score (nSPS) is 18.9. The fourth-order valence-corrected chi connectivity index (χ4v) is 4.34. The average Bonchev–Trinajstić information content (AvgIpc) is 3.24. The van der Waals surface area contributed by atoms with Gasteiger partial charge in [0.05, 0.1) is 0 Å². The summed E-state index contributed by atoms with van der Waals surface area (Å²) in [6.45, 7) is 4.26. The summed E-state index contributed by atoms with van der Waals surface area (Å²) in [5.74, 6) is 0.819. The maximum atomic E-state index is 4.26. The second-order valence-corrected chi connectivity index (χ2v) is 8.03. The summed E-state index contributed by atoms with van der Waals surface area (Å²) in [6.07, 6.45) is 11.8. The maximum Gasteiger partial charge on any atom is 0.0204 e. The Morgan fingerprint density at radius 3 is 2.20 bits per heavy atom. The molecule has 0 heterocycles. The molecule has 0 radical (unpaired) electrons. The number of benzene rings is 3. The van der Waals surface area contributed by atoms with E-state index in [1.807, 2.05) is 6.07 Å². The van der Waals surface area contributed by atoms with Crippen molar-refractivity contribution < 1.29 is 0 Å². The minimum absolute atomic E-state index is 0.390. The van der Waals surface area contributed by atoms with E-state index in [9.17, 15) is 0 Å². The van der Waals surface area contributed by atoms with Crippen LogP contribution in [0.15, 0.2) is 127 Å². The third-order valence-corrected chi connectivity index (χ3v) is 6.06. The molecule has 0 fully saturated rings. The zero-order valence-corrected chi connectivity index (χ0v) is 17.0. The molecule has 2 atom stereocenters. The van der Waals surface area contributed by atoms with Crippen LogP contribution in [0.2, 0.25) is 0 Å². The number of allylic oxidation sites excluding steroid dienone is 6. The van der Waals surface area contributed by atoms with Gasteiger partial charge in [0, 0.05) is 17.4 Å². The van der Waals surface area contributed by atoms with E-state index in [0.29, 0.717) is 11.8 Å². The van der Waals surface area contributed by atoms with Crippen molar-refractivity contribution in [2.24, 2.45) is 5.92 Å². The Kier molecular flexibility index (Phi) is 4.93. The SMILES string of the molecule is C=C(Cc1ccc(-c2ccc(C3C=C=C4C=CC=CC43)cc2)cc1)c1ccccc1. The lowest BCUT2D eigenvalue weighted by Gasteiger charge is -2.20. The first-order chi connectivity index (χ1) is 14.8. The molecule has 0 nitrogen and oxygen atoms in total. The Hall–Kier alpha value is -3.60. The molecule has 0 aliphatic heterocycles. The van der Waals surface area contributed by atoms with Crippen molar-refractivity contribution >= 4 is 5.57 Å². The lowest BCUT2D eigenvalue weighted by Crippen LogP contribution is -2.08. The molecular formula is C30H24. The minimum atomic E-state index is 0.390. The van der Waals surface area contributed by atoms with Crippen molar-refractivity contribution in [2.75, 3.05) is 0 Å². The molecule has 0 heteroatoms. The molecule has 0 spiro atoms. The van der Waals surface area contributed by atoms with Gasteiger partial charge in [-0.15, -0.1) is 5.73 Å². The topological polar surface area (TPSA) is 0 Å². The Bertz CT molecular complexity index is 1180. The van der Waals surface area contributed by atoms with Crippen molar-refractivity contribution in [1.29, 1.82) is 0 Å². The first kappa shape index (κ1) is 18.4. The molecule has 0 aromatic heterocycles. The highest BCUT2D eigenvalue weighted by Gasteiger charge is 2.26. The van der Waals surface area contributed by atoms with Crippen molar-refractivity contribution in [3.05, 3.63) is 144 Å². The van der Waals surface area contributed by atoms with E-state index < -0.39 is 0 Å². The Morgan fingerprint density at radius 2 is 1.47 bits per heavy atom. The van der Waals surface area contributed by atoms with Gasteiger partial charge in [-0.05, 0) is 45.9 Å². The molecule has 0 saturated heterocycles. The number of fused-ring (bicyclic) bond motifs is 1. The summed E-state index contributed by atoms with van der Waals surface area (Å²) >= 11 is 0. The highest BCUT2D eigenvalue weighted by molar-refractivity contribution is 5.68. The van der Waals surface area contributed by atoms with E-state index in [0.717, 1.165) is 12.0 Å². The van der Waals surface area contributed by atoms with Gasteiger partial charge in [0.2, 0.25) is 0 Å². The molecule has 2 unspecified atom stereocenters. The quantitative estimate of drug-likeness (QED) is 0.399. The predicted octanol–water partition coefficient (Wildman–Crippen LogP) is 7.53. The second kappa shape index (κ2) is 8.03. The summed E-state index contributed by atoms with van der Waals surface area (Å²) in [5, 5.41) is 0. The van der Waals surface area contributed by atoms with Gasteiger partial charge < -0.3 is 0 Å². The van der Waals surface area contributed by atoms with Gasteiger partial charge in [-0.2, -0.15) is 0 Å². The largest absolute Gasteiger partial charge is 0.120 e. The maximum absolute atomic E-state index is 4.26. The molecule has 0 N–H and O–H groups in total. The predicted molar refractivity (Wildman–Crippen MR) is 127 cm³/mol. The third-order valence-electron chi connectivity index (χ3n) is 6.06. The fraction of sp³-hybridized carbons (Fsp3) is 0.100. The average molecular weight is 385 g/mol. The van der Waals surface area contributed by atoms with E-state index >= 15 is 0 Å². The zero-order valence-electron chi connectivity index (χ0n) is 17.0. The lowest BCUT2D eigenvalue weighted by molar-refractivity contribution is 0.702. The van der Waals surface area contributed by atoms with Crippen LogP contribution in [0.5, 0.6) is 0 Å². The van der Waals surface area contributed by atoms with Crippen LogP contribution in [0.4, 0.5) is 0 Å². The standard InChI is InChI=1S/C30H24/c1-22(24-7-3-2-4-8-24)21-23-11-13-25(14-12-23)26-15-17-28(18-16-26)30-20-19-27-9-5-6-10-29(27)30/h2-18,20,29-30H,1,21H2. The van der Waals surface area contributed by atoms with Crippen molar-refractivity contribution in [3.8, 4) is 11.1 Å². The molecule has 2 aliphatic rings. The van der Waals surface area contributed by atoms with Crippen LogP contribution in [0.1, 0.15) is 22.6 Å². The molecule has 3 aromatic rings. The Labute approximate surface area is 178 Å². The molecule has 30 heavy (non-hydrogen) atoms. The molecule has 0 amide bonds. The monoisotopic (exact) mass is 384 g/mol. The molecule has 5 rings (SSSR count). The number of hydrogen-bond donors (Lipinski definition) is 0. The smallest absolute Gasteiger partial charge is 0.0204 e. The van der Waals surface area contributed by atoms with E-state index in [1.165, 1.54) is 33.4 Å². The van der Waals surface area contributed by atoms with Crippen LogP contribution in [0.3, 0.4) is 0 Å². The molecule has 0 saturated carbocycles. The minimum Gasteiger partial charge on any atom is -0.120 e. The summed E-state index contributed by atoms with van der Waals surface area (Å²) in [7, 11) is 0. The van der Waals surface area contributed by atoms with Gasteiger partial charge in [0.15, 0.2) is 0 Å². The van der Waals surface area contributed by atoms with Gasteiger partial charge >= 0.3 is 0 Å². The van der Waals surface area contributed by atoms with Crippen LogP contribution in [-0.4, -0.2) is 0 Å². The van der Waals surface area contributed by atoms with Crippen LogP contribution in [0, 0.1) is 5.92 Å². The van der Waals surface area contributed by atoms with E-state index in [-0.39, 0.29) is 0 Å². The van der Waals surface area contributed by atoms with E-state index in [1.54, 1.807) is 0 Å². The summed E-state index contributed by atoms with van der Waals surface area (Å²) in [5.41, 5.74) is 12.2. The van der Waals surface area contributed by atoms with Crippen molar-refractivity contribution in [3.63, 3.8) is 0 Å². The van der Waals surface area contributed by atoms with Gasteiger partial charge in [-0.3, -0.25) is 0 Å². The van der Waals surface area contributed by atoms with Crippen LogP contribution >= 0.6 is 0 Å². The molecular weight excluding hydrogens is 360 g/mol. The second-order valence-electron chi connectivity index (χ2n) is 8.03. The lowest BCUT2D eigenvalue weighted by atomic mass is 9.83. The van der Waals surface area contributed by atoms with E-state index in [2.05, 4.69) is 115 Å². The highest BCUT2D eigenvalue weighted by Crippen LogP contribution is 2.38. The fourth-order valence-electron chi connectivity index (χ4n) is 4.34. The first-order valence-corrected chi connectivity index (χ1v) is 10.5. The first-order valence-electron chi connectivity index (χ1n) is 10.5. The van der Waals surface area contributed by atoms with Crippen LogP contribution in [0.25, 0.3) is 16.7 Å². The van der Waals surface area contributed by atoms with Crippen molar-refractivity contribution in [2.45, 2.75) is 12.3 Å². The number of rotatable bonds is 5. The van der Waals surface area contributed by atoms with Gasteiger partial charge in [-0.1, -0.05) is 110 Å². The van der Waals surface area contributed by atoms with Gasteiger partial charge in [0.1, 0.15) is 0 Å². The third kappa shape index (κ3) is 3.66. The summed E-state index contributed by atoms with van der Waals surface area (Å²) in [6, 6.07) is 28.3. The molecule has 0 bridgehead atoms. The van der Waals surface area contributed by atoms with Crippen molar-refractivity contribution in [1.82, 2.24) is 0 Å². The Balaban J connectivity index is 1.28. The highest BCUT2D eigenvalue weighted by atomic mass is 14.3. The van der Waals surface area contributed by atoms with Crippen LogP contribution in [-0.2, 0) is 6.42 Å². The summed E-state index contributed by atoms with van der Waals surface area (Å²) in [4.78, 5) is 0. The summed E-state index contributed by atoms with van der Waals surface area (Å²) < 4.78 is 0. The Morgan fingerprint density at radius 1 is 0.767 bits per heavy atom. The molecule has 144 valence electrons. The van der Waals surface area contributed by atoms with Gasteiger partial charge in [0.25, 0.3) is 0 Å².